The van der Waals surface area contributed by atoms with Crippen LogP contribution in [0.25, 0.3) is 66.7 Å². The molecule has 0 saturated heterocycles. The molecule has 12 rings (SSSR count). The topological polar surface area (TPSA) is 35.6 Å². The highest BCUT2D eigenvalue weighted by Gasteiger charge is 2.41. The Morgan fingerprint density at radius 3 is 1.79 bits per heavy atom. The van der Waals surface area contributed by atoms with Gasteiger partial charge in [0.05, 0.1) is 22.2 Å². The third kappa shape index (κ3) is 5.52. The Morgan fingerprint density at radius 1 is 0.484 bits per heavy atom. The minimum absolute atomic E-state index is 0.335. The molecule has 0 fully saturated rings. The van der Waals surface area contributed by atoms with Gasteiger partial charge in [0.1, 0.15) is 0 Å². The van der Waals surface area contributed by atoms with Gasteiger partial charge in [-0.15, -0.1) is 0 Å². The van der Waals surface area contributed by atoms with Crippen molar-refractivity contribution in [1.82, 2.24) is 19.1 Å². The molecule has 11 aromatic rings. The number of benzene rings is 8. The normalized spacial score (nSPS) is 13.7. The van der Waals surface area contributed by atoms with Crippen LogP contribution in [0, 0.1) is 0 Å². The highest BCUT2D eigenvalue weighted by molar-refractivity contribution is 7.19. The van der Waals surface area contributed by atoms with Crippen molar-refractivity contribution in [2.75, 3.05) is 0 Å². The van der Waals surface area contributed by atoms with Gasteiger partial charge in [0, 0.05) is 44.9 Å². The quantitative estimate of drug-likeness (QED) is 0.119. The molecule has 8 aromatic carbocycles. The Morgan fingerprint density at radius 2 is 1.08 bits per heavy atom. The zero-order valence-corrected chi connectivity index (χ0v) is 35.4. The second-order valence-corrected chi connectivity index (χ2v) is 20.4. The fraction of sp³-hybridized carbons (Fsp3) is 0.0526. The van der Waals surface area contributed by atoms with Gasteiger partial charge in [-0.05, 0) is 80.6 Å². The van der Waals surface area contributed by atoms with Crippen molar-refractivity contribution in [3.63, 3.8) is 0 Å². The molecule has 3 aromatic heterocycles. The summed E-state index contributed by atoms with van der Waals surface area (Å²) in [4.78, 5) is 10.6. The SMILES string of the molecule is CC1Cc2c(c3cc4c5ccccc5n(-c5ccccc5)c4cc3n2-c2nccc(-c3cccc([Si](c4ccccc4)(c4ccccc4)c4ccccc4)c3)n2)-c2ccccc21. The van der Waals surface area contributed by atoms with E-state index in [1.807, 2.05) is 6.20 Å². The van der Waals surface area contributed by atoms with E-state index in [0.717, 1.165) is 34.4 Å². The average Bonchev–Trinajstić information content (AvgIpc) is 3.84. The summed E-state index contributed by atoms with van der Waals surface area (Å²) in [6, 6.07) is 77.8. The summed E-state index contributed by atoms with van der Waals surface area (Å²) in [5, 5.41) is 9.05. The Bertz CT molecular complexity index is 3350. The second kappa shape index (κ2) is 14.5. The first-order valence-corrected chi connectivity index (χ1v) is 23.5. The Labute approximate surface area is 362 Å². The number of nitrogens with zero attached hydrogens (tertiary/aromatic N) is 4. The van der Waals surface area contributed by atoms with Crippen molar-refractivity contribution in [3.05, 3.63) is 230 Å². The molecular weight excluding hydrogens is 769 g/mol. The van der Waals surface area contributed by atoms with Crippen LogP contribution in [0.2, 0.25) is 0 Å². The summed E-state index contributed by atoms with van der Waals surface area (Å²) in [5.41, 5.74) is 11.8. The van der Waals surface area contributed by atoms with Gasteiger partial charge in [-0.25, -0.2) is 9.97 Å². The number of para-hydroxylation sites is 2. The summed E-state index contributed by atoms with van der Waals surface area (Å²) in [5.74, 6) is 1.02. The van der Waals surface area contributed by atoms with E-state index < -0.39 is 8.07 Å². The predicted octanol–water partition coefficient (Wildman–Crippen LogP) is 10.9. The smallest absolute Gasteiger partial charge is 0.234 e. The maximum Gasteiger partial charge on any atom is 0.234 e. The van der Waals surface area contributed by atoms with E-state index >= 15 is 0 Å². The van der Waals surface area contributed by atoms with Crippen molar-refractivity contribution in [2.45, 2.75) is 19.3 Å². The van der Waals surface area contributed by atoms with Gasteiger partial charge in [-0.3, -0.25) is 4.57 Å². The first-order chi connectivity index (χ1) is 30.7. The van der Waals surface area contributed by atoms with Crippen LogP contribution in [0.5, 0.6) is 0 Å². The van der Waals surface area contributed by atoms with Gasteiger partial charge >= 0.3 is 0 Å². The number of hydrogen-bond acceptors (Lipinski definition) is 2. The fourth-order valence-electron chi connectivity index (χ4n) is 10.5. The average molecular weight is 811 g/mol. The standard InChI is InChI=1S/C57H42N4Si/c1-39-35-55-56(48-31-15-14-29-46(39)48)50-37-49-47-30-16-17-32-52(47)60(41-20-6-2-7-21-41)53(49)38-54(50)61(55)57-58-34-33-51(59-57)40-19-18-28-45(36-40)62(42-22-8-3-9-23-42,43-24-10-4-11-25-43)44-26-12-5-13-27-44/h2-34,36-39H,35H2,1H3. The number of hydrogen-bond donors (Lipinski definition) is 0. The Balaban J connectivity index is 1.10. The third-order valence-electron chi connectivity index (χ3n) is 13.2. The molecule has 1 aliphatic carbocycles. The first kappa shape index (κ1) is 36.3. The third-order valence-corrected chi connectivity index (χ3v) is 18.0. The minimum Gasteiger partial charge on any atom is -0.309 e. The van der Waals surface area contributed by atoms with Crippen LogP contribution in [0.15, 0.2) is 219 Å². The zero-order chi connectivity index (χ0) is 41.2. The van der Waals surface area contributed by atoms with Crippen molar-refractivity contribution in [1.29, 1.82) is 0 Å². The first-order valence-electron chi connectivity index (χ1n) is 21.5. The summed E-state index contributed by atoms with van der Waals surface area (Å²) >= 11 is 0. The van der Waals surface area contributed by atoms with Gasteiger partial charge in [0.2, 0.25) is 5.95 Å². The van der Waals surface area contributed by atoms with E-state index in [0.29, 0.717) is 11.9 Å². The molecule has 0 N–H and O–H groups in total. The molecule has 0 spiro atoms. The van der Waals surface area contributed by atoms with Crippen molar-refractivity contribution < 1.29 is 0 Å². The van der Waals surface area contributed by atoms with Gasteiger partial charge in [-0.1, -0.05) is 183 Å². The molecule has 0 radical (unpaired) electrons. The van der Waals surface area contributed by atoms with Crippen LogP contribution in [-0.4, -0.2) is 27.2 Å². The maximum absolute atomic E-state index is 5.53. The Hall–Kier alpha value is -7.60. The van der Waals surface area contributed by atoms with Crippen molar-refractivity contribution in [3.8, 4) is 34.0 Å². The molecule has 3 heterocycles. The Kier molecular flexibility index (Phi) is 8.51. The molecule has 294 valence electrons. The monoisotopic (exact) mass is 810 g/mol. The van der Waals surface area contributed by atoms with Gasteiger partial charge < -0.3 is 4.57 Å². The summed E-state index contributed by atoms with van der Waals surface area (Å²) < 4.78 is 4.77. The van der Waals surface area contributed by atoms with Crippen molar-refractivity contribution in [2.24, 2.45) is 0 Å². The van der Waals surface area contributed by atoms with Crippen molar-refractivity contribution >= 4 is 61.5 Å². The van der Waals surface area contributed by atoms with E-state index in [4.69, 9.17) is 9.97 Å². The molecule has 1 unspecified atom stereocenters. The van der Waals surface area contributed by atoms with E-state index in [9.17, 15) is 0 Å². The van der Waals surface area contributed by atoms with E-state index in [1.54, 1.807) is 0 Å². The number of aromatic nitrogens is 4. The van der Waals surface area contributed by atoms with E-state index in [1.165, 1.54) is 64.8 Å². The fourth-order valence-corrected chi connectivity index (χ4v) is 15.3. The molecule has 5 heteroatoms. The van der Waals surface area contributed by atoms with Crippen LogP contribution in [0.4, 0.5) is 0 Å². The largest absolute Gasteiger partial charge is 0.309 e. The lowest BCUT2D eigenvalue weighted by Gasteiger charge is -2.34. The summed E-state index contributed by atoms with van der Waals surface area (Å²) in [6.07, 6.45) is 2.83. The maximum atomic E-state index is 5.53. The van der Waals surface area contributed by atoms with Gasteiger partial charge in [-0.2, -0.15) is 0 Å². The highest BCUT2D eigenvalue weighted by atomic mass is 28.3. The highest BCUT2D eigenvalue weighted by Crippen LogP contribution is 2.47. The second-order valence-electron chi connectivity index (χ2n) is 16.6. The van der Waals surface area contributed by atoms with E-state index in [2.05, 4.69) is 228 Å². The molecular formula is C57H42N4Si. The molecule has 0 aliphatic heterocycles. The van der Waals surface area contributed by atoms with Gasteiger partial charge in [0.15, 0.2) is 8.07 Å². The molecule has 0 amide bonds. The molecule has 0 bridgehead atoms. The summed E-state index contributed by atoms with van der Waals surface area (Å²) in [7, 11) is -2.75. The lowest BCUT2D eigenvalue weighted by atomic mass is 9.82. The molecule has 1 atom stereocenters. The molecule has 62 heavy (non-hydrogen) atoms. The lowest BCUT2D eigenvalue weighted by Crippen LogP contribution is -2.74. The van der Waals surface area contributed by atoms with Crippen LogP contribution in [-0.2, 0) is 6.42 Å². The number of rotatable bonds is 7. The minimum atomic E-state index is -2.75. The summed E-state index contributed by atoms with van der Waals surface area (Å²) in [6.45, 7) is 2.35. The molecule has 1 aliphatic rings. The lowest BCUT2D eigenvalue weighted by molar-refractivity contribution is 0.712. The van der Waals surface area contributed by atoms with Crippen LogP contribution in [0.3, 0.4) is 0 Å². The molecule has 0 saturated carbocycles. The van der Waals surface area contributed by atoms with Crippen LogP contribution in [0.1, 0.15) is 24.1 Å². The van der Waals surface area contributed by atoms with Crippen LogP contribution < -0.4 is 20.7 Å². The van der Waals surface area contributed by atoms with Crippen LogP contribution >= 0.6 is 0 Å². The zero-order valence-electron chi connectivity index (χ0n) is 34.4. The predicted molar refractivity (Wildman–Crippen MR) is 260 cm³/mol. The number of fused-ring (bicyclic) bond motifs is 8. The van der Waals surface area contributed by atoms with Gasteiger partial charge in [0.25, 0.3) is 0 Å². The molecule has 4 nitrogen and oxygen atoms in total. The van der Waals surface area contributed by atoms with E-state index in [-0.39, 0.29) is 0 Å².